The first-order valence-electron chi connectivity index (χ1n) is 6.99. The minimum Gasteiger partial charge on any atom is -0.861 e. The van der Waals surface area contributed by atoms with Crippen LogP contribution in [0.2, 0.25) is 18.6 Å². The molecule has 0 aliphatic carbocycles. The highest BCUT2D eigenvalue weighted by atomic mass is 32.2. The minimum atomic E-state index is -5.73. The van der Waals surface area contributed by atoms with E-state index in [1.54, 1.807) is 7.11 Å². The molecule has 0 saturated carbocycles. The van der Waals surface area contributed by atoms with Gasteiger partial charge in [-0.25, -0.2) is 0 Å². The largest absolute Gasteiger partial charge is 0.861 e. The van der Waals surface area contributed by atoms with Crippen molar-refractivity contribution in [2.24, 2.45) is 4.40 Å². The molecule has 0 aliphatic rings. The van der Waals surface area contributed by atoms with Crippen molar-refractivity contribution in [2.45, 2.75) is 63.2 Å². The molecule has 0 bridgehead atoms. The van der Waals surface area contributed by atoms with Gasteiger partial charge in [0.15, 0.2) is 8.32 Å². The topological polar surface area (TPSA) is 78.8 Å². The fourth-order valence-corrected chi connectivity index (χ4v) is 4.77. The van der Waals surface area contributed by atoms with Crippen LogP contribution in [0, 0.1) is 0 Å². The molecule has 22 heavy (non-hydrogen) atoms. The molecule has 0 N–H and O–H groups in total. The lowest BCUT2D eigenvalue weighted by atomic mass is 10.1. The lowest BCUT2D eigenvalue weighted by Gasteiger charge is -2.31. The summed E-state index contributed by atoms with van der Waals surface area (Å²) in [7, 11) is -6.02. The van der Waals surface area contributed by atoms with Gasteiger partial charge < -0.3 is 9.53 Å². The van der Waals surface area contributed by atoms with E-state index in [4.69, 9.17) is 4.43 Å². The fourth-order valence-electron chi connectivity index (χ4n) is 2.09. The Hall–Kier alpha value is -0.613. The Morgan fingerprint density at radius 2 is 1.86 bits per heavy atom. The molecule has 0 aromatic heterocycles. The molecule has 10 heteroatoms. The van der Waals surface area contributed by atoms with Gasteiger partial charge in [-0.1, -0.05) is 26.2 Å². The molecule has 0 radical (unpaired) electrons. The average molecular weight is 362 g/mol. The van der Waals surface area contributed by atoms with Crippen molar-refractivity contribution in [3.05, 3.63) is 0 Å². The first-order chi connectivity index (χ1) is 9.87. The maximum atomic E-state index is 12.1. The Morgan fingerprint density at radius 1 is 1.32 bits per heavy atom. The molecule has 0 spiro atoms. The molecule has 132 valence electrons. The summed E-state index contributed by atoms with van der Waals surface area (Å²) in [6, 6.07) is 0. The lowest BCUT2D eigenvalue weighted by Crippen LogP contribution is -2.35. The maximum Gasteiger partial charge on any atom is 0.518 e. The van der Waals surface area contributed by atoms with E-state index in [2.05, 4.69) is 4.40 Å². The van der Waals surface area contributed by atoms with Crippen LogP contribution in [0.4, 0.5) is 13.2 Å². The zero-order valence-electron chi connectivity index (χ0n) is 13.2. The van der Waals surface area contributed by atoms with Crippen LogP contribution in [0.1, 0.15) is 39.0 Å². The smallest absolute Gasteiger partial charge is 0.518 e. The summed E-state index contributed by atoms with van der Waals surface area (Å²) in [5.41, 5.74) is -5.27. The van der Waals surface area contributed by atoms with Crippen LogP contribution in [0.5, 0.6) is 0 Å². The van der Waals surface area contributed by atoms with Crippen LogP contribution in [-0.2, 0) is 14.4 Å². The van der Waals surface area contributed by atoms with E-state index in [9.17, 15) is 26.7 Å². The third kappa shape index (κ3) is 6.65. The van der Waals surface area contributed by atoms with Gasteiger partial charge in [0.2, 0.25) is 0 Å². The number of alkyl halides is 3. The first kappa shape index (κ1) is 21.4. The Balaban J connectivity index is 4.68. The van der Waals surface area contributed by atoms with Crippen LogP contribution in [0.15, 0.2) is 4.40 Å². The normalized spacial score (nSPS) is 15.9. The maximum absolute atomic E-state index is 12.1. The van der Waals surface area contributed by atoms with E-state index in [0.29, 0.717) is 12.8 Å². The quantitative estimate of drug-likeness (QED) is 0.359. The standard InChI is InChI=1S/C12H24F3NO4SSi/c1-5-7-10(22(3,4)20-2)8-6-9-11(17)16-21(18,19)12(13,14)15/h10H,5-9H2,1-4H3,(H,16,17)/p-1. The van der Waals surface area contributed by atoms with E-state index < -0.39 is 29.7 Å². The van der Waals surface area contributed by atoms with Crippen molar-refractivity contribution >= 4 is 24.2 Å². The summed E-state index contributed by atoms with van der Waals surface area (Å²) in [6.45, 7) is 6.09. The average Bonchev–Trinajstić information content (AvgIpc) is 2.35. The second-order valence-electron chi connectivity index (χ2n) is 5.59. The Morgan fingerprint density at radius 3 is 2.27 bits per heavy atom. The number of nitrogens with zero attached hydrogens (tertiary/aromatic N) is 1. The van der Waals surface area contributed by atoms with Gasteiger partial charge >= 0.3 is 15.5 Å². The molecule has 0 heterocycles. The molecule has 0 saturated heterocycles. The van der Waals surface area contributed by atoms with Crippen LogP contribution in [0.25, 0.3) is 0 Å². The summed E-state index contributed by atoms with van der Waals surface area (Å²) >= 11 is 0. The molecule has 0 amide bonds. The zero-order valence-corrected chi connectivity index (χ0v) is 15.1. The van der Waals surface area contributed by atoms with Gasteiger partial charge in [-0.05, 0) is 37.4 Å². The van der Waals surface area contributed by atoms with E-state index in [0.717, 1.165) is 12.8 Å². The monoisotopic (exact) mass is 362 g/mol. The molecule has 0 aliphatic heterocycles. The van der Waals surface area contributed by atoms with Crippen molar-refractivity contribution in [3.63, 3.8) is 0 Å². The number of hydrogen-bond donors (Lipinski definition) is 0. The number of hydrogen-bond acceptors (Lipinski definition) is 4. The van der Waals surface area contributed by atoms with Crippen molar-refractivity contribution in [2.75, 3.05) is 7.11 Å². The Labute approximate surface area is 130 Å². The van der Waals surface area contributed by atoms with Crippen LogP contribution in [-0.4, -0.2) is 35.3 Å². The number of halogens is 3. The third-order valence-corrected chi connectivity index (χ3v) is 8.23. The van der Waals surface area contributed by atoms with Gasteiger partial charge in [0.05, 0.1) is 0 Å². The summed E-state index contributed by atoms with van der Waals surface area (Å²) in [4.78, 5) is 0. The highest BCUT2D eigenvalue weighted by Crippen LogP contribution is 2.32. The Kier molecular flexibility index (Phi) is 8.07. The van der Waals surface area contributed by atoms with Crippen molar-refractivity contribution < 1.29 is 31.1 Å². The van der Waals surface area contributed by atoms with E-state index in [1.165, 1.54) is 0 Å². The number of sulfonamides is 1. The van der Waals surface area contributed by atoms with Gasteiger partial charge in [-0.3, -0.25) is 0 Å². The van der Waals surface area contributed by atoms with E-state index in [1.807, 2.05) is 20.0 Å². The second kappa shape index (κ2) is 8.30. The van der Waals surface area contributed by atoms with E-state index in [-0.39, 0.29) is 12.0 Å². The molecule has 0 aromatic carbocycles. The summed E-state index contributed by atoms with van der Waals surface area (Å²) in [5.74, 6) is -1.26. The predicted molar refractivity (Wildman–Crippen MR) is 79.4 cm³/mol. The van der Waals surface area contributed by atoms with Gasteiger partial charge in [0, 0.05) is 7.11 Å². The predicted octanol–water partition coefficient (Wildman–Crippen LogP) is 2.79. The Bertz CT molecular complexity index is 477. The minimum absolute atomic E-state index is 0.259. The molecular weight excluding hydrogens is 339 g/mol. The van der Waals surface area contributed by atoms with Gasteiger partial charge in [0.25, 0.3) is 0 Å². The number of rotatable bonds is 9. The van der Waals surface area contributed by atoms with E-state index >= 15 is 0 Å². The van der Waals surface area contributed by atoms with Crippen molar-refractivity contribution in [3.8, 4) is 0 Å². The molecule has 0 fully saturated rings. The summed E-state index contributed by atoms with van der Waals surface area (Å²) in [5, 5.41) is 11.3. The molecule has 0 aromatic rings. The highest BCUT2D eigenvalue weighted by Gasteiger charge is 2.45. The van der Waals surface area contributed by atoms with Crippen molar-refractivity contribution in [1.29, 1.82) is 0 Å². The van der Waals surface area contributed by atoms with Gasteiger partial charge in [0.1, 0.15) is 0 Å². The molecule has 1 unspecified atom stereocenters. The zero-order chi connectivity index (χ0) is 17.6. The third-order valence-electron chi connectivity index (χ3n) is 3.60. The van der Waals surface area contributed by atoms with Gasteiger partial charge in [-0.15, -0.1) is 0 Å². The molecule has 1 atom stereocenters. The van der Waals surface area contributed by atoms with Crippen LogP contribution < -0.4 is 5.11 Å². The SMILES string of the molecule is CCCC(CCC/C([O-])=N/S(=O)(=O)C(F)(F)F)[Si](C)(C)OC. The fraction of sp³-hybridized carbons (Fsp3) is 0.917. The van der Waals surface area contributed by atoms with Crippen molar-refractivity contribution in [1.82, 2.24) is 0 Å². The summed E-state index contributed by atoms with van der Waals surface area (Å²) in [6.07, 6.45) is 2.42. The highest BCUT2D eigenvalue weighted by molar-refractivity contribution is 7.91. The van der Waals surface area contributed by atoms with Crippen LogP contribution in [0.3, 0.4) is 0 Å². The van der Waals surface area contributed by atoms with Gasteiger partial charge in [-0.2, -0.15) is 26.0 Å². The molecular formula is C12H23F3NO4SSi-. The molecule has 0 rings (SSSR count). The molecule has 5 nitrogen and oxygen atoms in total. The van der Waals surface area contributed by atoms with Crippen LogP contribution >= 0.6 is 0 Å². The first-order valence-corrected chi connectivity index (χ1v) is 11.4. The lowest BCUT2D eigenvalue weighted by molar-refractivity contribution is -0.218. The summed E-state index contributed by atoms with van der Waals surface area (Å²) < 4.78 is 65.6. The second-order valence-corrected chi connectivity index (χ2v) is 11.6.